The van der Waals surface area contributed by atoms with Crippen molar-refractivity contribution in [1.82, 2.24) is 4.31 Å². The lowest BCUT2D eigenvalue weighted by Crippen LogP contribution is -2.22. The third kappa shape index (κ3) is 3.43. The molecule has 2 bridgehead atoms. The van der Waals surface area contributed by atoms with Gasteiger partial charge in [-0.1, -0.05) is 6.42 Å². The minimum Gasteiger partial charge on any atom is -0.326 e. The van der Waals surface area contributed by atoms with Crippen LogP contribution in [0.3, 0.4) is 0 Å². The Bertz CT molecular complexity index is 682. The molecule has 1 N–H and O–H groups in total. The second-order valence-electron chi connectivity index (χ2n) is 7.00. The van der Waals surface area contributed by atoms with Gasteiger partial charge in [0.25, 0.3) is 0 Å². The maximum Gasteiger partial charge on any atom is 0.242 e. The fourth-order valence-corrected chi connectivity index (χ4v) is 4.90. The summed E-state index contributed by atoms with van der Waals surface area (Å²) in [6.07, 6.45) is 5.69. The molecule has 1 aromatic carbocycles. The molecule has 3 rings (SSSR count). The van der Waals surface area contributed by atoms with Crippen molar-refractivity contribution in [3.63, 3.8) is 0 Å². The van der Waals surface area contributed by atoms with E-state index in [2.05, 4.69) is 5.32 Å². The molecule has 0 heterocycles. The Balaban J connectivity index is 1.59. The highest BCUT2D eigenvalue weighted by Crippen LogP contribution is 2.49. The third-order valence-electron chi connectivity index (χ3n) is 5.25. The summed E-state index contributed by atoms with van der Waals surface area (Å²) in [7, 11) is -0.425. The molecule has 2 aliphatic rings. The number of hydrogen-bond donors (Lipinski definition) is 1. The van der Waals surface area contributed by atoms with E-state index < -0.39 is 10.0 Å². The van der Waals surface area contributed by atoms with Crippen LogP contribution < -0.4 is 5.32 Å². The normalized spacial score (nSPS) is 26.7. The summed E-state index contributed by atoms with van der Waals surface area (Å²) >= 11 is 0. The number of carbonyl (C=O) groups excluding carboxylic acids is 1. The van der Waals surface area contributed by atoms with E-state index in [-0.39, 0.29) is 10.8 Å². The molecule has 5 nitrogen and oxygen atoms in total. The van der Waals surface area contributed by atoms with Gasteiger partial charge < -0.3 is 5.32 Å². The van der Waals surface area contributed by atoms with E-state index in [9.17, 15) is 13.2 Å². The Morgan fingerprint density at radius 2 is 1.87 bits per heavy atom. The van der Waals surface area contributed by atoms with Crippen LogP contribution in [-0.2, 0) is 14.8 Å². The summed E-state index contributed by atoms with van der Waals surface area (Å²) < 4.78 is 25.2. The molecule has 0 unspecified atom stereocenters. The van der Waals surface area contributed by atoms with Crippen LogP contribution in [0.4, 0.5) is 5.69 Å². The van der Waals surface area contributed by atoms with Crippen LogP contribution in [0.5, 0.6) is 0 Å². The zero-order valence-corrected chi connectivity index (χ0v) is 14.5. The Kier molecular flexibility index (Phi) is 4.47. The highest BCUT2D eigenvalue weighted by atomic mass is 32.2. The maximum absolute atomic E-state index is 12.2. The summed E-state index contributed by atoms with van der Waals surface area (Å²) in [4.78, 5) is 12.4. The van der Waals surface area contributed by atoms with Crippen LogP contribution >= 0.6 is 0 Å². The number of nitrogens with one attached hydrogen (secondary N) is 1. The summed E-state index contributed by atoms with van der Waals surface area (Å²) in [5, 5.41) is 2.89. The number of sulfonamides is 1. The first-order chi connectivity index (χ1) is 10.9. The van der Waals surface area contributed by atoms with Gasteiger partial charge >= 0.3 is 0 Å². The maximum atomic E-state index is 12.2. The Morgan fingerprint density at radius 3 is 2.39 bits per heavy atom. The monoisotopic (exact) mass is 336 g/mol. The summed E-state index contributed by atoms with van der Waals surface area (Å²) in [5.74, 6) is 2.14. The minimum atomic E-state index is -3.43. The Morgan fingerprint density at radius 1 is 1.17 bits per heavy atom. The van der Waals surface area contributed by atoms with E-state index in [4.69, 9.17) is 0 Å². The van der Waals surface area contributed by atoms with Crippen molar-refractivity contribution < 1.29 is 13.2 Å². The van der Waals surface area contributed by atoms with Gasteiger partial charge in [0.2, 0.25) is 15.9 Å². The molecule has 0 spiro atoms. The molecule has 1 aromatic rings. The van der Waals surface area contributed by atoms with E-state index >= 15 is 0 Å². The molecule has 3 atom stereocenters. The molecule has 0 radical (unpaired) electrons. The lowest BCUT2D eigenvalue weighted by atomic mass is 9.86. The predicted octanol–water partition coefficient (Wildman–Crippen LogP) is 2.70. The molecule has 126 valence electrons. The van der Waals surface area contributed by atoms with Crippen molar-refractivity contribution in [2.24, 2.45) is 17.8 Å². The second-order valence-corrected chi connectivity index (χ2v) is 9.15. The number of hydrogen-bond acceptors (Lipinski definition) is 3. The first-order valence-corrected chi connectivity index (χ1v) is 9.62. The van der Waals surface area contributed by atoms with Gasteiger partial charge in [0.15, 0.2) is 0 Å². The van der Waals surface area contributed by atoms with Crippen molar-refractivity contribution in [2.75, 3.05) is 19.4 Å². The predicted molar refractivity (Wildman–Crippen MR) is 89.5 cm³/mol. The molecule has 23 heavy (non-hydrogen) atoms. The van der Waals surface area contributed by atoms with Crippen molar-refractivity contribution in [3.05, 3.63) is 24.3 Å². The van der Waals surface area contributed by atoms with E-state index in [1.54, 1.807) is 12.1 Å². The number of nitrogens with zero attached hydrogens (tertiary/aromatic N) is 1. The average Bonchev–Trinajstić information content (AvgIpc) is 3.10. The van der Waals surface area contributed by atoms with Gasteiger partial charge in [0.05, 0.1) is 4.90 Å². The summed E-state index contributed by atoms with van der Waals surface area (Å²) in [5.41, 5.74) is 0.649. The SMILES string of the molecule is CN(C)S(=O)(=O)c1ccc(NC(=O)C[C@@H]2C[C@@H]3CC[C@@H]2C3)cc1. The Hall–Kier alpha value is -1.40. The summed E-state index contributed by atoms with van der Waals surface area (Å²) in [6.45, 7) is 0. The van der Waals surface area contributed by atoms with Gasteiger partial charge in [-0.15, -0.1) is 0 Å². The molecule has 1 amide bonds. The first-order valence-electron chi connectivity index (χ1n) is 8.18. The molecule has 2 saturated carbocycles. The van der Waals surface area contributed by atoms with Gasteiger partial charge in [0.1, 0.15) is 0 Å². The molecule has 6 heteroatoms. The Labute approximate surface area is 138 Å². The fourth-order valence-electron chi connectivity index (χ4n) is 4.00. The number of amides is 1. The van der Waals surface area contributed by atoms with Crippen LogP contribution in [0.25, 0.3) is 0 Å². The molecule has 0 aliphatic heterocycles. The van der Waals surface area contributed by atoms with Crippen LogP contribution in [0.1, 0.15) is 32.1 Å². The number of fused-ring (bicyclic) bond motifs is 2. The van der Waals surface area contributed by atoms with Gasteiger partial charge in [-0.25, -0.2) is 12.7 Å². The third-order valence-corrected chi connectivity index (χ3v) is 7.08. The minimum absolute atomic E-state index is 0.0331. The first kappa shape index (κ1) is 16.5. The fraction of sp³-hybridized carbons (Fsp3) is 0.588. The summed E-state index contributed by atoms with van der Waals surface area (Å²) in [6, 6.07) is 6.36. The van der Waals surface area contributed by atoms with Crippen LogP contribution in [-0.4, -0.2) is 32.7 Å². The van der Waals surface area contributed by atoms with Crippen molar-refractivity contribution in [1.29, 1.82) is 0 Å². The van der Waals surface area contributed by atoms with Gasteiger partial charge in [-0.05, 0) is 61.3 Å². The largest absolute Gasteiger partial charge is 0.326 e. The number of rotatable bonds is 5. The van der Waals surface area contributed by atoms with Crippen LogP contribution in [0.15, 0.2) is 29.2 Å². The molecule has 0 aromatic heterocycles. The smallest absolute Gasteiger partial charge is 0.242 e. The second kappa shape index (κ2) is 6.24. The molecule has 2 aliphatic carbocycles. The number of anilines is 1. The standard InChI is InChI=1S/C17H24N2O3S/c1-19(2)23(21,22)16-7-5-15(6-8-16)18-17(20)11-14-10-12-3-4-13(14)9-12/h5-8,12-14H,3-4,9-11H2,1-2H3,(H,18,20)/t12-,13-,14+/m1/s1. The quantitative estimate of drug-likeness (QED) is 0.899. The topological polar surface area (TPSA) is 66.5 Å². The average molecular weight is 336 g/mol. The van der Waals surface area contributed by atoms with Gasteiger partial charge in [0, 0.05) is 26.2 Å². The van der Waals surface area contributed by atoms with E-state index in [1.807, 2.05) is 0 Å². The van der Waals surface area contributed by atoms with Crippen molar-refractivity contribution in [3.8, 4) is 0 Å². The number of carbonyl (C=O) groups is 1. The highest BCUT2D eigenvalue weighted by molar-refractivity contribution is 7.89. The zero-order chi connectivity index (χ0) is 16.6. The van der Waals surface area contributed by atoms with Crippen molar-refractivity contribution >= 4 is 21.6 Å². The molecule has 0 saturated heterocycles. The molecular weight excluding hydrogens is 312 g/mol. The lowest BCUT2D eigenvalue weighted by Gasteiger charge is -2.21. The highest BCUT2D eigenvalue weighted by Gasteiger charge is 2.40. The lowest BCUT2D eigenvalue weighted by molar-refractivity contribution is -0.117. The van der Waals surface area contributed by atoms with E-state index in [0.29, 0.717) is 18.0 Å². The van der Waals surface area contributed by atoms with Gasteiger partial charge in [-0.2, -0.15) is 0 Å². The number of benzene rings is 1. The molecular formula is C17H24N2O3S. The zero-order valence-electron chi connectivity index (χ0n) is 13.7. The van der Waals surface area contributed by atoms with Crippen LogP contribution in [0.2, 0.25) is 0 Å². The van der Waals surface area contributed by atoms with E-state index in [0.717, 1.165) is 11.8 Å². The van der Waals surface area contributed by atoms with Crippen LogP contribution in [0, 0.1) is 17.8 Å². The van der Waals surface area contributed by atoms with Gasteiger partial charge in [-0.3, -0.25) is 4.79 Å². The molecule has 2 fully saturated rings. The van der Waals surface area contributed by atoms with Crippen molar-refractivity contribution in [2.45, 2.75) is 37.0 Å². The van der Waals surface area contributed by atoms with E-state index in [1.165, 1.54) is 56.2 Å².